The minimum absolute atomic E-state index is 0.592. The van der Waals surface area contributed by atoms with E-state index in [1.807, 2.05) is 19.1 Å². The van der Waals surface area contributed by atoms with Crippen molar-refractivity contribution in [3.63, 3.8) is 0 Å². The fourth-order valence-corrected chi connectivity index (χ4v) is 2.33. The zero-order valence-corrected chi connectivity index (χ0v) is 13.3. The van der Waals surface area contributed by atoms with Gasteiger partial charge < -0.3 is 15.2 Å². The summed E-state index contributed by atoms with van der Waals surface area (Å²) in [5.74, 6) is 1.38. The lowest BCUT2D eigenvalue weighted by Gasteiger charge is -2.15. The zero-order chi connectivity index (χ0) is 14.8. The highest BCUT2D eigenvalue weighted by molar-refractivity contribution is 6.32. The van der Waals surface area contributed by atoms with Crippen LogP contribution in [0.15, 0.2) is 12.1 Å². The molecule has 114 valence electrons. The Bertz CT molecular complexity index is 396. The predicted octanol–water partition coefficient (Wildman–Crippen LogP) is 4.20. The molecule has 0 spiro atoms. The van der Waals surface area contributed by atoms with Crippen LogP contribution >= 0.6 is 11.6 Å². The number of unbranched alkanes of at least 4 members (excludes halogenated alkanes) is 3. The van der Waals surface area contributed by atoms with E-state index in [2.05, 4.69) is 6.92 Å². The molecule has 3 nitrogen and oxygen atoms in total. The smallest absolute Gasteiger partial charge is 0.179 e. The molecule has 0 aliphatic heterocycles. The lowest BCUT2D eigenvalue weighted by Crippen LogP contribution is -2.05. The molecule has 0 saturated heterocycles. The number of rotatable bonds is 10. The number of ether oxygens (including phenoxy) is 2. The molecule has 4 heteroatoms. The molecule has 0 radical (unpaired) electrons. The first-order valence-electron chi connectivity index (χ1n) is 7.51. The first-order valence-corrected chi connectivity index (χ1v) is 7.88. The van der Waals surface area contributed by atoms with Crippen molar-refractivity contribution in [2.45, 2.75) is 46.0 Å². The third-order valence-corrected chi connectivity index (χ3v) is 3.33. The number of benzene rings is 1. The van der Waals surface area contributed by atoms with Crippen LogP contribution in [0.5, 0.6) is 11.5 Å². The van der Waals surface area contributed by atoms with E-state index in [0.717, 1.165) is 24.2 Å². The largest absolute Gasteiger partial charge is 0.490 e. The van der Waals surface area contributed by atoms with E-state index in [-0.39, 0.29) is 0 Å². The number of nitrogens with two attached hydrogens (primary N) is 1. The minimum atomic E-state index is 0.592. The van der Waals surface area contributed by atoms with Gasteiger partial charge in [0.2, 0.25) is 0 Å². The average molecular weight is 300 g/mol. The van der Waals surface area contributed by atoms with Crippen molar-refractivity contribution < 1.29 is 9.47 Å². The van der Waals surface area contributed by atoms with Gasteiger partial charge in [-0.25, -0.2) is 0 Å². The number of hydrogen-bond donors (Lipinski definition) is 1. The fourth-order valence-electron chi connectivity index (χ4n) is 2.04. The standard InChI is InChI=1S/C16H26ClNO2/c1-3-5-6-7-10-20-16-14(17)11-13(8-9-18)12-15(16)19-4-2/h11-12H,3-10,18H2,1-2H3. The van der Waals surface area contributed by atoms with Gasteiger partial charge in [-0.2, -0.15) is 0 Å². The van der Waals surface area contributed by atoms with Gasteiger partial charge in [0.25, 0.3) is 0 Å². The second-order valence-electron chi connectivity index (χ2n) is 4.79. The van der Waals surface area contributed by atoms with Gasteiger partial charge in [-0.1, -0.05) is 37.8 Å². The Balaban J connectivity index is 2.71. The Morgan fingerprint density at radius 3 is 2.55 bits per heavy atom. The van der Waals surface area contributed by atoms with Crippen LogP contribution < -0.4 is 15.2 Å². The molecule has 0 aliphatic carbocycles. The first-order chi connectivity index (χ1) is 9.72. The van der Waals surface area contributed by atoms with Crippen molar-refractivity contribution in [3.05, 3.63) is 22.7 Å². The maximum atomic E-state index is 6.30. The van der Waals surface area contributed by atoms with E-state index in [9.17, 15) is 0 Å². The van der Waals surface area contributed by atoms with E-state index in [1.165, 1.54) is 19.3 Å². The highest BCUT2D eigenvalue weighted by Crippen LogP contribution is 2.37. The molecular formula is C16H26ClNO2. The monoisotopic (exact) mass is 299 g/mol. The van der Waals surface area contributed by atoms with Crippen LogP contribution in [0.1, 0.15) is 45.1 Å². The SMILES string of the molecule is CCCCCCOc1c(Cl)cc(CCN)cc1OCC. The molecule has 0 amide bonds. The molecule has 2 N–H and O–H groups in total. The van der Waals surface area contributed by atoms with Crippen LogP contribution in [-0.4, -0.2) is 19.8 Å². The summed E-state index contributed by atoms with van der Waals surface area (Å²) < 4.78 is 11.4. The maximum Gasteiger partial charge on any atom is 0.179 e. The highest BCUT2D eigenvalue weighted by atomic mass is 35.5. The van der Waals surface area contributed by atoms with Crippen molar-refractivity contribution in [3.8, 4) is 11.5 Å². The molecule has 1 aromatic carbocycles. The van der Waals surface area contributed by atoms with Crippen molar-refractivity contribution in [1.82, 2.24) is 0 Å². The van der Waals surface area contributed by atoms with Crippen LogP contribution in [0.4, 0.5) is 0 Å². The summed E-state index contributed by atoms with van der Waals surface area (Å²) in [5.41, 5.74) is 6.67. The second-order valence-corrected chi connectivity index (χ2v) is 5.19. The normalized spacial score (nSPS) is 10.6. The van der Waals surface area contributed by atoms with Gasteiger partial charge in [-0.15, -0.1) is 0 Å². The Kier molecular flexibility index (Phi) is 8.47. The molecule has 0 saturated carbocycles. The molecule has 1 rings (SSSR count). The minimum Gasteiger partial charge on any atom is -0.490 e. The van der Waals surface area contributed by atoms with Crippen molar-refractivity contribution >= 4 is 11.6 Å². The van der Waals surface area contributed by atoms with E-state index in [0.29, 0.717) is 30.5 Å². The van der Waals surface area contributed by atoms with Crippen LogP contribution in [0.2, 0.25) is 5.02 Å². The van der Waals surface area contributed by atoms with Gasteiger partial charge in [0.1, 0.15) is 0 Å². The molecule has 0 fully saturated rings. The average Bonchev–Trinajstić information content (AvgIpc) is 2.42. The summed E-state index contributed by atoms with van der Waals surface area (Å²) in [4.78, 5) is 0. The molecule has 20 heavy (non-hydrogen) atoms. The molecule has 0 unspecified atom stereocenters. The van der Waals surface area contributed by atoms with E-state index >= 15 is 0 Å². The summed E-state index contributed by atoms with van der Waals surface area (Å²) in [7, 11) is 0. The lowest BCUT2D eigenvalue weighted by molar-refractivity contribution is 0.270. The third kappa shape index (κ3) is 5.59. The molecule has 0 bridgehead atoms. The molecule has 0 atom stereocenters. The highest BCUT2D eigenvalue weighted by Gasteiger charge is 2.12. The van der Waals surface area contributed by atoms with Gasteiger partial charge in [0.05, 0.1) is 18.2 Å². The second kappa shape index (κ2) is 9.89. The summed E-state index contributed by atoms with van der Waals surface area (Å²) in [5, 5.41) is 0.606. The predicted molar refractivity (Wildman–Crippen MR) is 85.0 cm³/mol. The summed E-state index contributed by atoms with van der Waals surface area (Å²) in [6.45, 7) is 6.01. The molecule has 0 aliphatic rings. The topological polar surface area (TPSA) is 44.5 Å². The number of hydrogen-bond acceptors (Lipinski definition) is 3. The fraction of sp³-hybridized carbons (Fsp3) is 0.625. The van der Waals surface area contributed by atoms with Crippen molar-refractivity contribution in [2.75, 3.05) is 19.8 Å². The van der Waals surface area contributed by atoms with Crippen LogP contribution in [-0.2, 0) is 6.42 Å². The van der Waals surface area contributed by atoms with Crippen LogP contribution in [0.3, 0.4) is 0 Å². The Morgan fingerprint density at radius 1 is 1.10 bits per heavy atom. The van der Waals surface area contributed by atoms with Crippen molar-refractivity contribution in [2.24, 2.45) is 5.73 Å². The molecule has 0 heterocycles. The Morgan fingerprint density at radius 2 is 1.90 bits per heavy atom. The van der Waals surface area contributed by atoms with Gasteiger partial charge in [0.15, 0.2) is 11.5 Å². The van der Waals surface area contributed by atoms with Crippen LogP contribution in [0.25, 0.3) is 0 Å². The van der Waals surface area contributed by atoms with Crippen LogP contribution in [0, 0.1) is 0 Å². The lowest BCUT2D eigenvalue weighted by atomic mass is 10.1. The summed E-state index contributed by atoms with van der Waals surface area (Å²) >= 11 is 6.30. The summed E-state index contributed by atoms with van der Waals surface area (Å²) in [6, 6.07) is 3.89. The zero-order valence-electron chi connectivity index (χ0n) is 12.6. The summed E-state index contributed by atoms with van der Waals surface area (Å²) in [6.07, 6.45) is 5.48. The molecule has 0 aromatic heterocycles. The van der Waals surface area contributed by atoms with Gasteiger partial charge in [-0.3, -0.25) is 0 Å². The molecule has 1 aromatic rings. The maximum absolute atomic E-state index is 6.30. The molecular weight excluding hydrogens is 274 g/mol. The Labute approximate surface area is 127 Å². The quantitative estimate of drug-likeness (QED) is 0.659. The Hall–Kier alpha value is -0.930. The van der Waals surface area contributed by atoms with Gasteiger partial charge in [0, 0.05) is 0 Å². The first kappa shape index (κ1) is 17.1. The third-order valence-electron chi connectivity index (χ3n) is 3.05. The van der Waals surface area contributed by atoms with Crippen molar-refractivity contribution in [1.29, 1.82) is 0 Å². The number of halogens is 1. The van der Waals surface area contributed by atoms with E-state index in [4.69, 9.17) is 26.8 Å². The van der Waals surface area contributed by atoms with E-state index in [1.54, 1.807) is 0 Å². The van der Waals surface area contributed by atoms with Gasteiger partial charge in [-0.05, 0) is 44.0 Å². The van der Waals surface area contributed by atoms with E-state index < -0.39 is 0 Å². The van der Waals surface area contributed by atoms with Gasteiger partial charge >= 0.3 is 0 Å².